The third-order valence-corrected chi connectivity index (χ3v) is 15.2. The van der Waals surface area contributed by atoms with Gasteiger partial charge in [0.15, 0.2) is 11.5 Å². The summed E-state index contributed by atoms with van der Waals surface area (Å²) in [7, 11) is 2.70. The van der Waals surface area contributed by atoms with Gasteiger partial charge in [-0.3, -0.25) is 9.59 Å². The van der Waals surface area contributed by atoms with E-state index in [2.05, 4.69) is 37.6 Å². The minimum Gasteiger partial charge on any atom is -0.496 e. The molecule has 1 unspecified atom stereocenters. The quantitative estimate of drug-likeness (QED) is 0.378. The first kappa shape index (κ1) is 28.6. The van der Waals surface area contributed by atoms with E-state index >= 15 is 0 Å². The average molecular weight is 572 g/mol. The highest BCUT2D eigenvalue weighted by Crippen LogP contribution is 2.40. The molecule has 39 heavy (non-hydrogen) atoms. The second-order valence-electron chi connectivity index (χ2n) is 11.1. The maximum Gasteiger partial charge on any atom is 0.289 e. The molecule has 0 aromatic heterocycles. The van der Waals surface area contributed by atoms with E-state index in [1.54, 1.807) is 19.2 Å². The number of fused-ring (bicyclic) bond motifs is 1. The zero-order valence-electron chi connectivity index (χ0n) is 24.1. The van der Waals surface area contributed by atoms with Gasteiger partial charge in [-0.15, -0.1) is 0 Å². The van der Waals surface area contributed by atoms with Gasteiger partial charge < -0.3 is 33.7 Å². The van der Waals surface area contributed by atoms with Crippen molar-refractivity contribution in [3.05, 3.63) is 35.8 Å². The second kappa shape index (κ2) is 10.6. The Morgan fingerprint density at radius 1 is 0.897 bits per heavy atom. The molecule has 2 aliphatic heterocycles. The van der Waals surface area contributed by atoms with Crippen LogP contribution in [0, 0.1) is 6.92 Å². The number of nitrogens with one attached hydrogen (secondary N) is 1. The van der Waals surface area contributed by atoms with Crippen LogP contribution in [0.5, 0.6) is 28.7 Å². The minimum atomic E-state index is -1.71. The van der Waals surface area contributed by atoms with Crippen molar-refractivity contribution in [1.29, 1.82) is 0 Å². The van der Waals surface area contributed by atoms with Crippen LogP contribution in [0.4, 0.5) is 5.69 Å². The molecule has 0 radical (unpaired) electrons. The lowest BCUT2D eigenvalue weighted by Crippen LogP contribution is -2.64. The number of hydrogen-bond donors (Lipinski definition) is 1. The van der Waals surface area contributed by atoms with Crippen LogP contribution in [0.25, 0.3) is 0 Å². The van der Waals surface area contributed by atoms with Crippen LogP contribution < -0.4 is 39.4 Å². The molecule has 9 nitrogen and oxygen atoms in total. The molecular weight excluding hydrogens is 534 g/mol. The first-order valence-corrected chi connectivity index (χ1v) is 19.2. The fraction of sp³-hybridized carbons (Fsp3) is 0.429. The summed E-state index contributed by atoms with van der Waals surface area (Å²) in [6.07, 6.45) is -0.232. The lowest BCUT2D eigenvalue weighted by atomic mass is 10.2. The molecule has 0 spiro atoms. The molecule has 0 saturated heterocycles. The summed E-state index contributed by atoms with van der Waals surface area (Å²) in [6.45, 7) is 11.6. The summed E-state index contributed by atoms with van der Waals surface area (Å²) in [4.78, 5) is 26.0. The molecule has 1 amide bonds. The number of rotatable bonds is 8. The second-order valence-corrected chi connectivity index (χ2v) is 20.7. The lowest BCUT2D eigenvalue weighted by Gasteiger charge is -2.41. The van der Waals surface area contributed by atoms with Gasteiger partial charge in [-0.25, -0.2) is 0 Å². The first-order valence-electron chi connectivity index (χ1n) is 12.8. The topological polar surface area (TPSA) is 102 Å². The summed E-state index contributed by atoms with van der Waals surface area (Å²) < 4.78 is 33.7. The van der Waals surface area contributed by atoms with Crippen molar-refractivity contribution in [3.8, 4) is 28.7 Å². The van der Waals surface area contributed by atoms with Crippen molar-refractivity contribution in [2.75, 3.05) is 33.8 Å². The Morgan fingerprint density at radius 3 is 2.05 bits per heavy atom. The van der Waals surface area contributed by atoms with Crippen molar-refractivity contribution in [2.45, 2.75) is 51.3 Å². The Hall–Kier alpha value is -3.45. The van der Waals surface area contributed by atoms with Gasteiger partial charge in [0.05, 0.1) is 50.7 Å². The summed E-state index contributed by atoms with van der Waals surface area (Å²) >= 11 is 0. The zero-order valence-corrected chi connectivity index (χ0v) is 26.1. The van der Waals surface area contributed by atoms with Crippen molar-refractivity contribution < 1.29 is 38.0 Å². The van der Waals surface area contributed by atoms with Crippen molar-refractivity contribution >= 4 is 43.9 Å². The van der Waals surface area contributed by atoms with Gasteiger partial charge in [-0.2, -0.15) is 0 Å². The van der Waals surface area contributed by atoms with E-state index in [1.807, 2.05) is 6.92 Å². The average Bonchev–Trinajstić information content (AvgIpc) is 3.27. The van der Waals surface area contributed by atoms with E-state index in [-0.39, 0.29) is 11.6 Å². The molecule has 1 atom stereocenters. The number of benzene rings is 2. The fourth-order valence-electron chi connectivity index (χ4n) is 5.39. The largest absolute Gasteiger partial charge is 0.496 e. The Morgan fingerprint density at radius 2 is 1.49 bits per heavy atom. The highest BCUT2D eigenvalue weighted by Gasteiger charge is 2.43. The number of ketones is 1. The predicted molar refractivity (Wildman–Crippen MR) is 155 cm³/mol. The highest BCUT2D eigenvalue weighted by molar-refractivity contribution is 7.03. The summed E-state index contributed by atoms with van der Waals surface area (Å²) in [6, 6.07) is 7.79. The van der Waals surface area contributed by atoms with Crippen LogP contribution in [-0.2, 0) is 14.3 Å². The number of hydrogen-bond acceptors (Lipinski definition) is 8. The summed E-state index contributed by atoms with van der Waals surface area (Å²) in [5.41, 5.74) is 1.27. The number of carbonyl (C=O) groups is 2. The van der Waals surface area contributed by atoms with E-state index in [0.29, 0.717) is 28.7 Å². The van der Waals surface area contributed by atoms with Crippen LogP contribution in [-0.4, -0.2) is 62.4 Å². The van der Waals surface area contributed by atoms with Gasteiger partial charge >= 0.3 is 0 Å². The van der Waals surface area contributed by atoms with Crippen LogP contribution in [0.3, 0.4) is 0 Å². The number of amides is 1. The predicted octanol–water partition coefficient (Wildman–Crippen LogP) is 3.70. The smallest absolute Gasteiger partial charge is 0.289 e. The molecular formula is C28H37NO8Si2. The molecule has 0 saturated carbocycles. The van der Waals surface area contributed by atoms with E-state index in [0.717, 1.165) is 5.56 Å². The van der Waals surface area contributed by atoms with E-state index in [9.17, 15) is 9.59 Å². The Kier molecular flexibility index (Phi) is 7.77. The van der Waals surface area contributed by atoms with E-state index in [1.165, 1.54) is 49.9 Å². The SMILES string of the molecule is COc1cc(OC)c(NC(=O)C2OC(Oc3c(OC)cc4c(c3C)[Si](C)(C)CC[Si]4(C)C)=CC2=O)c(OC)c1. The zero-order chi connectivity index (χ0) is 28.7. The first-order chi connectivity index (χ1) is 18.4. The molecule has 11 heteroatoms. The molecule has 2 heterocycles. The molecule has 2 aromatic rings. The number of anilines is 1. The molecule has 0 bridgehead atoms. The molecule has 0 aliphatic carbocycles. The monoisotopic (exact) mass is 571 g/mol. The van der Waals surface area contributed by atoms with Crippen molar-refractivity contribution in [2.24, 2.45) is 0 Å². The summed E-state index contributed by atoms with van der Waals surface area (Å²) in [5, 5.41) is 5.51. The maximum absolute atomic E-state index is 13.1. The molecule has 2 aliphatic rings. The fourth-order valence-corrected chi connectivity index (χ4v) is 16.3. The summed E-state index contributed by atoms with van der Waals surface area (Å²) in [5.74, 6) is 0.932. The standard InChI is InChI=1S/C28H37NO8Si2/c1-16-25(21(35-5)15-22-27(16)39(8,9)11-10-38(22,6)7)36-23-14-18(30)26(37-23)28(31)29-24-19(33-3)12-17(32-2)13-20(24)34-4/h12-15,26H,10-11H2,1-9H3,(H,29,31). The van der Waals surface area contributed by atoms with Crippen molar-refractivity contribution in [3.63, 3.8) is 0 Å². The van der Waals surface area contributed by atoms with Crippen LogP contribution in [0.1, 0.15) is 5.56 Å². The lowest BCUT2D eigenvalue weighted by molar-refractivity contribution is -0.134. The Bertz CT molecular complexity index is 1330. The maximum atomic E-state index is 13.1. The van der Waals surface area contributed by atoms with Gasteiger partial charge in [0.25, 0.3) is 11.9 Å². The number of methoxy groups -OCH3 is 4. The van der Waals surface area contributed by atoms with Crippen LogP contribution in [0.15, 0.2) is 30.2 Å². The molecule has 2 aromatic carbocycles. The van der Waals surface area contributed by atoms with E-state index in [4.69, 9.17) is 28.4 Å². The van der Waals surface area contributed by atoms with Gasteiger partial charge in [-0.05, 0) is 18.6 Å². The number of ether oxygens (including phenoxy) is 6. The molecule has 1 N–H and O–H groups in total. The molecule has 4 rings (SSSR count). The van der Waals surface area contributed by atoms with Crippen molar-refractivity contribution in [1.82, 2.24) is 0 Å². The van der Waals surface area contributed by atoms with Crippen LogP contribution in [0.2, 0.25) is 38.3 Å². The minimum absolute atomic E-state index is 0.0538. The third-order valence-electron chi connectivity index (χ3n) is 7.64. The normalized spacial score (nSPS) is 18.8. The van der Waals surface area contributed by atoms with Gasteiger partial charge in [-0.1, -0.05) is 48.6 Å². The van der Waals surface area contributed by atoms with Crippen LogP contribution >= 0.6 is 0 Å². The van der Waals surface area contributed by atoms with E-state index < -0.39 is 33.9 Å². The van der Waals surface area contributed by atoms with Gasteiger partial charge in [0.1, 0.15) is 22.9 Å². The Balaban J connectivity index is 1.60. The third kappa shape index (κ3) is 5.25. The highest BCUT2D eigenvalue weighted by atomic mass is 28.3. The molecule has 210 valence electrons. The molecule has 0 fully saturated rings. The number of carbonyl (C=O) groups excluding carboxylic acids is 2. The van der Waals surface area contributed by atoms with Gasteiger partial charge in [0, 0.05) is 12.1 Å². The Labute approximate surface area is 231 Å². The van der Waals surface area contributed by atoms with Gasteiger partial charge in [0.2, 0.25) is 11.9 Å².